The van der Waals surface area contributed by atoms with Gasteiger partial charge in [-0.25, -0.2) is 0 Å². The first-order chi connectivity index (χ1) is 7.36. The SMILES string of the molecule is OC1CCCc2nnc(-c3ccco3)n21. The van der Waals surface area contributed by atoms with E-state index in [0.717, 1.165) is 25.1 Å². The maximum atomic E-state index is 9.87. The Morgan fingerprint density at radius 1 is 1.47 bits per heavy atom. The van der Waals surface area contributed by atoms with Gasteiger partial charge in [0, 0.05) is 6.42 Å². The number of aryl methyl sites for hydroxylation is 1. The molecular weight excluding hydrogens is 194 g/mol. The Morgan fingerprint density at radius 2 is 2.40 bits per heavy atom. The molecule has 0 aliphatic carbocycles. The van der Waals surface area contributed by atoms with Crippen molar-refractivity contribution in [3.8, 4) is 11.6 Å². The van der Waals surface area contributed by atoms with E-state index in [1.807, 2.05) is 6.07 Å². The van der Waals surface area contributed by atoms with Crippen molar-refractivity contribution in [2.24, 2.45) is 0 Å². The van der Waals surface area contributed by atoms with Gasteiger partial charge >= 0.3 is 0 Å². The highest BCUT2D eigenvalue weighted by Crippen LogP contribution is 2.28. The molecule has 1 unspecified atom stereocenters. The van der Waals surface area contributed by atoms with Gasteiger partial charge in [-0.2, -0.15) is 0 Å². The van der Waals surface area contributed by atoms with E-state index in [0.29, 0.717) is 11.6 Å². The van der Waals surface area contributed by atoms with Crippen LogP contribution in [-0.4, -0.2) is 19.9 Å². The van der Waals surface area contributed by atoms with Crippen LogP contribution in [0.2, 0.25) is 0 Å². The van der Waals surface area contributed by atoms with Crippen LogP contribution in [0.3, 0.4) is 0 Å². The van der Waals surface area contributed by atoms with Gasteiger partial charge in [0.05, 0.1) is 6.26 Å². The van der Waals surface area contributed by atoms with Gasteiger partial charge in [-0.1, -0.05) is 0 Å². The van der Waals surface area contributed by atoms with E-state index in [-0.39, 0.29) is 0 Å². The largest absolute Gasteiger partial charge is 0.461 e. The topological polar surface area (TPSA) is 64.1 Å². The number of fused-ring (bicyclic) bond motifs is 1. The lowest BCUT2D eigenvalue weighted by Gasteiger charge is -2.20. The second kappa shape index (κ2) is 3.20. The molecule has 2 aromatic heterocycles. The Bertz CT molecular complexity index is 461. The Labute approximate surface area is 86.4 Å². The van der Waals surface area contributed by atoms with Crippen LogP contribution in [-0.2, 0) is 6.42 Å². The van der Waals surface area contributed by atoms with Crippen LogP contribution in [0.25, 0.3) is 11.6 Å². The lowest BCUT2D eigenvalue weighted by Crippen LogP contribution is -2.18. The molecule has 2 aromatic rings. The maximum Gasteiger partial charge on any atom is 0.201 e. The standard InChI is InChI=1S/C10H11N3O2/c14-9-5-1-4-8-11-12-10(13(8)9)7-3-2-6-15-7/h2-3,6,9,14H,1,4-5H2. The van der Waals surface area contributed by atoms with Crippen LogP contribution >= 0.6 is 0 Å². The van der Waals surface area contributed by atoms with Gasteiger partial charge in [-0.15, -0.1) is 10.2 Å². The van der Waals surface area contributed by atoms with Gasteiger partial charge < -0.3 is 9.52 Å². The molecule has 0 spiro atoms. The summed E-state index contributed by atoms with van der Waals surface area (Å²) >= 11 is 0. The summed E-state index contributed by atoms with van der Waals surface area (Å²) in [5.41, 5.74) is 0. The minimum Gasteiger partial charge on any atom is -0.461 e. The van der Waals surface area contributed by atoms with Crippen molar-refractivity contribution < 1.29 is 9.52 Å². The Balaban J connectivity index is 2.14. The number of rotatable bonds is 1. The van der Waals surface area contributed by atoms with Gasteiger partial charge in [-0.3, -0.25) is 4.57 Å². The number of nitrogens with zero attached hydrogens (tertiary/aromatic N) is 3. The maximum absolute atomic E-state index is 9.87. The first kappa shape index (κ1) is 8.67. The van der Waals surface area contributed by atoms with E-state index in [1.54, 1.807) is 16.9 Å². The summed E-state index contributed by atoms with van der Waals surface area (Å²) in [6.07, 6.45) is 3.64. The summed E-state index contributed by atoms with van der Waals surface area (Å²) in [5, 5.41) is 18.0. The molecule has 1 atom stereocenters. The van der Waals surface area contributed by atoms with E-state index < -0.39 is 6.23 Å². The number of aliphatic hydroxyl groups is 1. The summed E-state index contributed by atoms with van der Waals surface area (Å²) in [5.74, 6) is 2.09. The first-order valence-corrected chi connectivity index (χ1v) is 5.02. The smallest absolute Gasteiger partial charge is 0.201 e. The molecule has 78 valence electrons. The van der Waals surface area contributed by atoms with Crippen molar-refractivity contribution in [1.29, 1.82) is 0 Å². The Hall–Kier alpha value is -1.62. The minimum absolute atomic E-state index is 0.524. The molecule has 1 N–H and O–H groups in total. The molecule has 0 fully saturated rings. The van der Waals surface area contributed by atoms with Crippen molar-refractivity contribution in [2.45, 2.75) is 25.5 Å². The van der Waals surface area contributed by atoms with Crippen molar-refractivity contribution in [3.63, 3.8) is 0 Å². The number of hydrogen-bond donors (Lipinski definition) is 1. The molecule has 0 saturated heterocycles. The van der Waals surface area contributed by atoms with Gasteiger partial charge in [0.25, 0.3) is 0 Å². The molecule has 15 heavy (non-hydrogen) atoms. The second-order valence-corrected chi connectivity index (χ2v) is 3.66. The van der Waals surface area contributed by atoms with Crippen LogP contribution in [0.5, 0.6) is 0 Å². The van der Waals surface area contributed by atoms with Crippen LogP contribution in [0.15, 0.2) is 22.8 Å². The van der Waals surface area contributed by atoms with Crippen molar-refractivity contribution in [3.05, 3.63) is 24.2 Å². The monoisotopic (exact) mass is 205 g/mol. The van der Waals surface area contributed by atoms with Crippen LogP contribution in [0, 0.1) is 0 Å². The number of hydrogen-bond acceptors (Lipinski definition) is 4. The van der Waals surface area contributed by atoms with E-state index in [9.17, 15) is 5.11 Å². The van der Waals surface area contributed by atoms with Gasteiger partial charge in [-0.05, 0) is 25.0 Å². The third-order valence-electron chi connectivity index (χ3n) is 2.67. The molecule has 3 heterocycles. The molecule has 1 aliphatic heterocycles. The van der Waals surface area contributed by atoms with Crippen molar-refractivity contribution in [2.75, 3.05) is 0 Å². The third kappa shape index (κ3) is 1.27. The predicted molar refractivity (Wildman–Crippen MR) is 51.9 cm³/mol. The summed E-state index contributed by atoms with van der Waals surface area (Å²) in [4.78, 5) is 0. The highest BCUT2D eigenvalue weighted by Gasteiger charge is 2.24. The molecule has 0 aromatic carbocycles. The van der Waals surface area contributed by atoms with Crippen molar-refractivity contribution in [1.82, 2.24) is 14.8 Å². The highest BCUT2D eigenvalue weighted by atomic mass is 16.3. The number of aromatic nitrogens is 3. The molecule has 0 bridgehead atoms. The molecule has 1 aliphatic rings. The van der Waals surface area contributed by atoms with E-state index in [4.69, 9.17) is 4.42 Å². The summed E-state index contributed by atoms with van der Waals surface area (Å²) in [6.45, 7) is 0. The zero-order valence-electron chi connectivity index (χ0n) is 8.13. The fourth-order valence-corrected chi connectivity index (χ4v) is 1.95. The molecule has 5 nitrogen and oxygen atoms in total. The van der Waals surface area contributed by atoms with E-state index >= 15 is 0 Å². The molecule has 0 saturated carbocycles. The average molecular weight is 205 g/mol. The van der Waals surface area contributed by atoms with Crippen LogP contribution in [0.4, 0.5) is 0 Å². The van der Waals surface area contributed by atoms with Gasteiger partial charge in [0.1, 0.15) is 12.1 Å². The van der Waals surface area contributed by atoms with Gasteiger partial charge in [0.2, 0.25) is 5.82 Å². The second-order valence-electron chi connectivity index (χ2n) is 3.66. The fourth-order valence-electron chi connectivity index (χ4n) is 1.95. The average Bonchev–Trinajstić information content (AvgIpc) is 2.85. The molecular formula is C10H11N3O2. The van der Waals surface area contributed by atoms with Crippen LogP contribution < -0.4 is 0 Å². The Kier molecular flexibility index (Phi) is 1.85. The number of furan rings is 1. The van der Waals surface area contributed by atoms with E-state index in [1.165, 1.54) is 0 Å². The Morgan fingerprint density at radius 3 is 3.20 bits per heavy atom. The zero-order valence-corrected chi connectivity index (χ0v) is 8.13. The zero-order chi connectivity index (χ0) is 10.3. The summed E-state index contributed by atoms with van der Waals surface area (Å²) in [6, 6.07) is 3.62. The molecule has 3 rings (SSSR count). The predicted octanol–water partition coefficient (Wildman–Crippen LogP) is 1.37. The van der Waals surface area contributed by atoms with Gasteiger partial charge in [0.15, 0.2) is 5.76 Å². The van der Waals surface area contributed by atoms with E-state index in [2.05, 4.69) is 10.2 Å². The summed E-state index contributed by atoms with van der Waals surface area (Å²) < 4.78 is 7.01. The fraction of sp³-hybridized carbons (Fsp3) is 0.400. The molecule has 0 radical (unpaired) electrons. The van der Waals surface area contributed by atoms with Crippen LogP contribution in [0.1, 0.15) is 24.9 Å². The molecule has 5 heteroatoms. The molecule has 0 amide bonds. The third-order valence-corrected chi connectivity index (χ3v) is 2.67. The lowest BCUT2D eigenvalue weighted by molar-refractivity contribution is 0.0792. The summed E-state index contributed by atoms with van der Waals surface area (Å²) in [7, 11) is 0. The minimum atomic E-state index is -0.524. The number of aliphatic hydroxyl groups excluding tert-OH is 1. The quantitative estimate of drug-likeness (QED) is 0.763. The van der Waals surface area contributed by atoms with Crippen molar-refractivity contribution >= 4 is 0 Å². The lowest BCUT2D eigenvalue weighted by atomic mass is 10.1. The normalized spacial score (nSPS) is 20.2. The highest BCUT2D eigenvalue weighted by molar-refractivity contribution is 5.47. The first-order valence-electron chi connectivity index (χ1n) is 5.02.